The van der Waals surface area contributed by atoms with Gasteiger partial charge in [0.1, 0.15) is 6.04 Å². The lowest BCUT2D eigenvalue weighted by atomic mass is 10.1. The predicted octanol–water partition coefficient (Wildman–Crippen LogP) is 0.655. The Kier molecular flexibility index (Phi) is 5.91. The molecule has 142 valence electrons. The number of aliphatic carboxylic acids is 1. The third-order valence-corrected chi connectivity index (χ3v) is 4.19. The quantitative estimate of drug-likeness (QED) is 0.728. The Bertz CT molecular complexity index is 694. The van der Waals surface area contributed by atoms with Crippen LogP contribution in [0.15, 0.2) is 12.1 Å². The van der Waals surface area contributed by atoms with Crippen molar-refractivity contribution in [2.75, 3.05) is 32.8 Å². The van der Waals surface area contributed by atoms with E-state index < -0.39 is 23.8 Å². The molecule has 0 spiro atoms. The molecule has 1 fully saturated rings. The Labute approximate surface area is 150 Å². The molecule has 26 heavy (non-hydrogen) atoms. The Morgan fingerprint density at radius 2 is 1.77 bits per heavy atom. The molecule has 0 bridgehead atoms. The molecule has 1 heterocycles. The van der Waals surface area contributed by atoms with Crippen molar-refractivity contribution in [1.29, 1.82) is 0 Å². The molecule has 0 aromatic heterocycles. The van der Waals surface area contributed by atoms with Crippen LogP contribution in [0.2, 0.25) is 0 Å². The summed E-state index contributed by atoms with van der Waals surface area (Å²) < 4.78 is 15.8. The molecule has 1 saturated heterocycles. The number of hydrogen-bond donors (Lipinski definition) is 2. The summed E-state index contributed by atoms with van der Waals surface area (Å²) in [6, 6.07) is 2.23. The van der Waals surface area contributed by atoms with E-state index in [1.165, 1.54) is 33.2 Å². The van der Waals surface area contributed by atoms with Crippen molar-refractivity contribution in [3.05, 3.63) is 12.1 Å². The highest BCUT2D eigenvalue weighted by atomic mass is 16.5. The Balaban J connectivity index is 2.23. The third kappa shape index (κ3) is 3.81. The maximum Gasteiger partial charge on any atom is 0.325 e. The second kappa shape index (κ2) is 7.94. The van der Waals surface area contributed by atoms with Gasteiger partial charge in [0.05, 0.1) is 32.9 Å². The number of amides is 2. The van der Waals surface area contributed by atoms with E-state index >= 15 is 0 Å². The second-order valence-electron chi connectivity index (χ2n) is 5.86. The molecule has 2 atom stereocenters. The summed E-state index contributed by atoms with van der Waals surface area (Å²) in [6.07, 6.45) is -0.00513. The zero-order valence-electron chi connectivity index (χ0n) is 15.1. The number of anilines is 1. The van der Waals surface area contributed by atoms with Gasteiger partial charge >= 0.3 is 5.97 Å². The summed E-state index contributed by atoms with van der Waals surface area (Å²) in [4.78, 5) is 36.9. The smallest absolute Gasteiger partial charge is 0.325 e. The molecule has 1 aromatic carbocycles. The highest BCUT2D eigenvalue weighted by Gasteiger charge is 2.36. The van der Waals surface area contributed by atoms with Crippen molar-refractivity contribution in [2.45, 2.75) is 19.4 Å². The van der Waals surface area contributed by atoms with Crippen molar-refractivity contribution >= 4 is 23.5 Å². The molecule has 0 radical (unpaired) electrons. The summed E-state index contributed by atoms with van der Waals surface area (Å²) in [5.41, 5.74) is 0.506. The van der Waals surface area contributed by atoms with E-state index in [4.69, 9.17) is 19.3 Å². The normalized spacial score (nSPS) is 17.6. The SMILES string of the molecule is COc1cc(N2CC(C(=O)NC(C)C(=O)O)CC2=O)cc(OC)c1OC. The number of benzene rings is 1. The number of nitrogens with one attached hydrogen (secondary N) is 1. The molecule has 0 saturated carbocycles. The van der Waals surface area contributed by atoms with Gasteiger partial charge < -0.3 is 29.5 Å². The van der Waals surface area contributed by atoms with Gasteiger partial charge in [0.2, 0.25) is 17.6 Å². The number of methoxy groups -OCH3 is 3. The predicted molar refractivity (Wildman–Crippen MR) is 91.8 cm³/mol. The molecule has 0 aliphatic carbocycles. The average Bonchev–Trinajstić information content (AvgIpc) is 3.01. The summed E-state index contributed by atoms with van der Waals surface area (Å²) >= 11 is 0. The molecular weight excluding hydrogens is 344 g/mol. The van der Waals surface area contributed by atoms with Crippen LogP contribution in [0.4, 0.5) is 5.69 Å². The molecular formula is C17H22N2O7. The molecule has 2 unspecified atom stereocenters. The lowest BCUT2D eigenvalue weighted by Crippen LogP contribution is -2.42. The van der Waals surface area contributed by atoms with E-state index in [0.717, 1.165) is 0 Å². The van der Waals surface area contributed by atoms with Crippen molar-refractivity contribution in [3.8, 4) is 17.2 Å². The van der Waals surface area contributed by atoms with E-state index in [2.05, 4.69) is 5.32 Å². The van der Waals surface area contributed by atoms with Gasteiger partial charge in [-0.3, -0.25) is 14.4 Å². The van der Waals surface area contributed by atoms with Gasteiger partial charge in [0, 0.05) is 25.1 Å². The van der Waals surface area contributed by atoms with Gasteiger partial charge in [-0.05, 0) is 6.92 Å². The van der Waals surface area contributed by atoms with E-state index in [-0.39, 0.29) is 18.9 Å². The fourth-order valence-corrected chi connectivity index (χ4v) is 2.75. The fraction of sp³-hybridized carbons (Fsp3) is 0.471. The van der Waals surface area contributed by atoms with Crippen LogP contribution < -0.4 is 24.4 Å². The molecule has 9 heteroatoms. The van der Waals surface area contributed by atoms with Crippen LogP contribution in [0.1, 0.15) is 13.3 Å². The first-order valence-corrected chi connectivity index (χ1v) is 7.95. The number of nitrogens with zero attached hydrogens (tertiary/aromatic N) is 1. The average molecular weight is 366 g/mol. The maximum absolute atomic E-state index is 12.4. The lowest BCUT2D eigenvalue weighted by molar-refractivity contribution is -0.141. The lowest BCUT2D eigenvalue weighted by Gasteiger charge is -2.20. The first kappa shape index (κ1) is 19.4. The first-order chi connectivity index (χ1) is 12.3. The monoisotopic (exact) mass is 366 g/mol. The number of carboxylic acids is 1. The zero-order chi connectivity index (χ0) is 19.4. The number of carbonyl (C=O) groups is 3. The van der Waals surface area contributed by atoms with Gasteiger partial charge in [-0.25, -0.2) is 0 Å². The van der Waals surface area contributed by atoms with Crippen molar-refractivity contribution in [2.24, 2.45) is 5.92 Å². The van der Waals surface area contributed by atoms with Crippen LogP contribution in [0.5, 0.6) is 17.2 Å². The van der Waals surface area contributed by atoms with Gasteiger partial charge in [0.15, 0.2) is 11.5 Å². The summed E-state index contributed by atoms with van der Waals surface area (Å²) in [5.74, 6) is -1.31. The number of carbonyl (C=O) groups excluding carboxylic acids is 2. The fourth-order valence-electron chi connectivity index (χ4n) is 2.75. The number of carboxylic acid groups (broad SMARTS) is 1. The topological polar surface area (TPSA) is 114 Å². The largest absolute Gasteiger partial charge is 0.493 e. The molecule has 9 nitrogen and oxygen atoms in total. The molecule has 2 N–H and O–H groups in total. The molecule has 1 aliphatic heterocycles. The Hall–Kier alpha value is -2.97. The minimum Gasteiger partial charge on any atom is -0.493 e. The van der Waals surface area contributed by atoms with Crippen molar-refractivity contribution < 1.29 is 33.7 Å². The number of rotatable bonds is 7. The molecule has 1 aromatic rings. The molecule has 1 aliphatic rings. The summed E-state index contributed by atoms with van der Waals surface area (Å²) in [6.45, 7) is 1.50. The Morgan fingerprint density at radius 3 is 2.23 bits per heavy atom. The summed E-state index contributed by atoms with van der Waals surface area (Å²) in [7, 11) is 4.41. The van der Waals surface area contributed by atoms with Gasteiger partial charge in [0.25, 0.3) is 0 Å². The second-order valence-corrected chi connectivity index (χ2v) is 5.86. The van der Waals surface area contributed by atoms with Crippen LogP contribution >= 0.6 is 0 Å². The van der Waals surface area contributed by atoms with E-state index in [9.17, 15) is 14.4 Å². The van der Waals surface area contributed by atoms with Crippen LogP contribution in [-0.4, -0.2) is 56.8 Å². The minimum atomic E-state index is -1.14. The van der Waals surface area contributed by atoms with Gasteiger partial charge in [-0.15, -0.1) is 0 Å². The molecule has 2 amide bonds. The van der Waals surface area contributed by atoms with Crippen LogP contribution in [0.25, 0.3) is 0 Å². The van der Waals surface area contributed by atoms with Crippen molar-refractivity contribution in [1.82, 2.24) is 5.32 Å². The van der Waals surface area contributed by atoms with Crippen LogP contribution in [0.3, 0.4) is 0 Å². The zero-order valence-corrected chi connectivity index (χ0v) is 15.1. The number of ether oxygens (including phenoxy) is 3. The van der Waals surface area contributed by atoms with Crippen LogP contribution in [0, 0.1) is 5.92 Å². The van der Waals surface area contributed by atoms with Gasteiger partial charge in [-0.2, -0.15) is 0 Å². The highest BCUT2D eigenvalue weighted by molar-refractivity contribution is 6.01. The minimum absolute atomic E-state index is 0.00513. The van der Waals surface area contributed by atoms with E-state index in [1.807, 2.05) is 0 Å². The van der Waals surface area contributed by atoms with Crippen molar-refractivity contribution in [3.63, 3.8) is 0 Å². The van der Waals surface area contributed by atoms with E-state index in [1.54, 1.807) is 12.1 Å². The number of hydrogen-bond acceptors (Lipinski definition) is 6. The third-order valence-electron chi connectivity index (χ3n) is 4.19. The maximum atomic E-state index is 12.4. The standard InChI is InChI=1S/C17H22N2O7/c1-9(17(22)23)18-16(21)10-5-14(20)19(8-10)11-6-12(24-2)15(26-4)13(7-11)25-3/h6-7,9-10H,5,8H2,1-4H3,(H,18,21)(H,22,23). The first-order valence-electron chi connectivity index (χ1n) is 7.95. The highest BCUT2D eigenvalue weighted by Crippen LogP contribution is 2.42. The van der Waals surface area contributed by atoms with Gasteiger partial charge in [-0.1, -0.05) is 0 Å². The Morgan fingerprint density at radius 1 is 1.19 bits per heavy atom. The van der Waals surface area contributed by atoms with Crippen LogP contribution in [-0.2, 0) is 14.4 Å². The molecule has 2 rings (SSSR count). The van der Waals surface area contributed by atoms with E-state index in [0.29, 0.717) is 22.9 Å². The summed E-state index contributed by atoms with van der Waals surface area (Å²) in [5, 5.41) is 11.3.